The number of ether oxygens (including phenoxy) is 5. The van der Waals surface area contributed by atoms with Gasteiger partial charge in [-0.25, -0.2) is 0 Å². The number of aliphatic hydroxyl groups is 6. The number of rotatable bonds is 6. The second kappa shape index (κ2) is 16.4. The molecule has 8 unspecified atom stereocenters. The fourth-order valence-electron chi connectivity index (χ4n) is 8.22. The van der Waals surface area contributed by atoms with Crippen LogP contribution in [-0.2, 0) is 33.3 Å². The molecule has 50 heavy (non-hydrogen) atoms. The smallest absolute Gasteiger partial charge is 0.311 e. The van der Waals surface area contributed by atoms with E-state index in [-0.39, 0.29) is 31.4 Å². The molecule has 6 N–H and O–H groups in total. The lowest BCUT2D eigenvalue weighted by molar-refractivity contribution is -0.316. The van der Waals surface area contributed by atoms with Crippen molar-refractivity contribution in [2.24, 2.45) is 23.7 Å². The number of carbonyl (C=O) groups excluding carboxylic acids is 2. The minimum Gasteiger partial charge on any atom is -0.459 e. The summed E-state index contributed by atoms with van der Waals surface area (Å²) in [4.78, 5) is 29.6. The molecule has 3 saturated heterocycles. The summed E-state index contributed by atoms with van der Waals surface area (Å²) in [5.74, 6) is -5.14. The number of carbonyl (C=O) groups is 2. The van der Waals surface area contributed by atoms with E-state index >= 15 is 0 Å². The quantitative estimate of drug-likeness (QED) is 0.213. The van der Waals surface area contributed by atoms with Crippen LogP contribution in [0.1, 0.15) is 94.9 Å². The average Bonchev–Trinajstić information content (AvgIpc) is 3.01. The van der Waals surface area contributed by atoms with Crippen molar-refractivity contribution in [2.45, 2.75) is 179 Å². The van der Waals surface area contributed by atoms with Crippen molar-refractivity contribution in [1.82, 2.24) is 4.90 Å². The van der Waals surface area contributed by atoms with Gasteiger partial charge in [0.25, 0.3) is 0 Å². The Bertz CT molecular complexity index is 1150. The van der Waals surface area contributed by atoms with Crippen molar-refractivity contribution in [3.63, 3.8) is 0 Å². The van der Waals surface area contributed by atoms with Crippen LogP contribution in [0.15, 0.2) is 0 Å². The van der Waals surface area contributed by atoms with Gasteiger partial charge in [0, 0.05) is 30.2 Å². The molecule has 0 aromatic rings. The summed E-state index contributed by atoms with van der Waals surface area (Å²) in [5.41, 5.74) is -5.42. The summed E-state index contributed by atoms with van der Waals surface area (Å²) in [6, 6.07) is -0.337. The third-order valence-electron chi connectivity index (χ3n) is 11.4. The molecule has 3 aliphatic rings. The third kappa shape index (κ3) is 9.25. The number of cyclic esters (lactones) is 1. The molecular formula is C36H65NO13. The highest BCUT2D eigenvalue weighted by Gasteiger charge is 2.53. The van der Waals surface area contributed by atoms with E-state index in [4.69, 9.17) is 23.7 Å². The largest absolute Gasteiger partial charge is 0.459 e. The van der Waals surface area contributed by atoms with Gasteiger partial charge in [-0.1, -0.05) is 27.7 Å². The maximum absolute atomic E-state index is 14.0. The first-order chi connectivity index (χ1) is 22.9. The van der Waals surface area contributed by atoms with E-state index in [1.807, 2.05) is 25.9 Å². The van der Waals surface area contributed by atoms with E-state index in [0.717, 1.165) is 0 Å². The SMILES string of the molecule is CC[C@H]1OC(=O)[C@H](C)[C@@H](OC2CC(C)(O)C(O)C(C)O2)[C@H](C)[C@@H](OC2OC(C)CC(N(C)C)C2O)[C@](C)(O)C[C@@H](C)C(=O)[C@H](C)[C@@H](O)[C@]1(C)O. The number of esters is 1. The van der Waals surface area contributed by atoms with Crippen molar-refractivity contribution in [3.8, 4) is 0 Å². The van der Waals surface area contributed by atoms with Crippen LogP contribution in [0.4, 0.5) is 0 Å². The number of nitrogens with zero attached hydrogens (tertiary/aromatic N) is 1. The maximum Gasteiger partial charge on any atom is 0.311 e. The highest BCUT2D eigenvalue weighted by molar-refractivity contribution is 5.83. The molecule has 0 spiro atoms. The normalized spacial score (nSPS) is 50.5. The van der Waals surface area contributed by atoms with Gasteiger partial charge >= 0.3 is 5.97 Å². The van der Waals surface area contributed by atoms with Crippen molar-refractivity contribution < 1.29 is 63.9 Å². The zero-order chi connectivity index (χ0) is 38.3. The van der Waals surface area contributed by atoms with E-state index in [1.54, 1.807) is 34.6 Å². The van der Waals surface area contributed by atoms with Crippen LogP contribution < -0.4 is 0 Å². The van der Waals surface area contributed by atoms with Crippen molar-refractivity contribution in [3.05, 3.63) is 0 Å². The van der Waals surface area contributed by atoms with Crippen molar-refractivity contribution in [1.29, 1.82) is 0 Å². The first-order valence-electron chi connectivity index (χ1n) is 18.1. The van der Waals surface area contributed by atoms with Gasteiger partial charge in [-0.15, -0.1) is 0 Å². The van der Waals surface area contributed by atoms with Crippen LogP contribution in [-0.4, -0.2) is 146 Å². The Kier molecular flexibility index (Phi) is 14.1. The lowest BCUT2D eigenvalue weighted by atomic mass is 9.74. The van der Waals surface area contributed by atoms with Gasteiger partial charge < -0.3 is 59.2 Å². The molecule has 292 valence electrons. The maximum atomic E-state index is 14.0. The third-order valence-corrected chi connectivity index (χ3v) is 11.4. The number of aliphatic hydroxyl groups excluding tert-OH is 3. The highest BCUT2D eigenvalue weighted by Crippen LogP contribution is 2.40. The minimum atomic E-state index is -2.01. The summed E-state index contributed by atoms with van der Waals surface area (Å²) >= 11 is 0. The fraction of sp³-hybridized carbons (Fsp3) is 0.944. The van der Waals surface area contributed by atoms with Gasteiger partial charge in [0.15, 0.2) is 12.6 Å². The molecule has 0 saturated carbocycles. The molecule has 0 aliphatic carbocycles. The lowest BCUT2D eigenvalue weighted by Gasteiger charge is -2.48. The van der Waals surface area contributed by atoms with Crippen LogP contribution in [0, 0.1) is 23.7 Å². The molecular weight excluding hydrogens is 654 g/mol. The van der Waals surface area contributed by atoms with Gasteiger partial charge in [-0.2, -0.15) is 0 Å². The monoisotopic (exact) mass is 719 g/mol. The molecule has 18 atom stereocenters. The Morgan fingerprint density at radius 2 is 1.44 bits per heavy atom. The Hall–Kier alpha value is -1.30. The molecule has 0 radical (unpaired) electrons. The summed E-state index contributed by atoms with van der Waals surface area (Å²) in [6.07, 6.45) is -10.7. The van der Waals surface area contributed by atoms with Crippen molar-refractivity contribution >= 4 is 11.8 Å². The van der Waals surface area contributed by atoms with Crippen LogP contribution >= 0.6 is 0 Å². The van der Waals surface area contributed by atoms with E-state index in [0.29, 0.717) is 6.42 Å². The second-order valence-electron chi connectivity index (χ2n) is 16.3. The lowest BCUT2D eigenvalue weighted by Crippen LogP contribution is -2.61. The van der Waals surface area contributed by atoms with E-state index in [2.05, 4.69) is 0 Å². The summed E-state index contributed by atoms with van der Waals surface area (Å²) < 4.78 is 31.0. The molecule has 3 aliphatic heterocycles. The Balaban J connectivity index is 2.17. The number of ketones is 1. The summed E-state index contributed by atoms with van der Waals surface area (Å²) in [5, 5.41) is 68.1. The fourth-order valence-corrected chi connectivity index (χ4v) is 8.22. The van der Waals surface area contributed by atoms with E-state index in [1.165, 1.54) is 27.7 Å². The van der Waals surface area contributed by atoms with E-state index < -0.39 is 108 Å². The summed E-state index contributed by atoms with van der Waals surface area (Å²) in [6.45, 7) is 15.8. The highest BCUT2D eigenvalue weighted by atomic mass is 16.7. The molecule has 0 bridgehead atoms. The number of Topliss-reactive ketones (excluding diaryl/α,β-unsaturated/α-hetero) is 1. The van der Waals surface area contributed by atoms with Gasteiger partial charge in [0.2, 0.25) is 0 Å². The Morgan fingerprint density at radius 3 is 1.98 bits per heavy atom. The van der Waals surface area contributed by atoms with Crippen LogP contribution in [0.25, 0.3) is 0 Å². The first kappa shape index (κ1) is 43.1. The number of hydrogen-bond acceptors (Lipinski definition) is 14. The van der Waals surface area contributed by atoms with Crippen LogP contribution in [0.2, 0.25) is 0 Å². The van der Waals surface area contributed by atoms with Gasteiger partial charge in [0.05, 0.1) is 47.6 Å². The van der Waals surface area contributed by atoms with Crippen LogP contribution in [0.5, 0.6) is 0 Å². The molecule has 0 aromatic carbocycles. The molecule has 3 fully saturated rings. The zero-order valence-corrected chi connectivity index (χ0v) is 32.0. The zero-order valence-electron chi connectivity index (χ0n) is 32.0. The molecule has 14 heteroatoms. The molecule has 3 rings (SSSR count). The Labute approximate surface area is 297 Å². The molecule has 0 amide bonds. The van der Waals surface area contributed by atoms with E-state index in [9.17, 15) is 40.2 Å². The van der Waals surface area contributed by atoms with Gasteiger partial charge in [-0.05, 0) is 74.9 Å². The molecule has 3 heterocycles. The van der Waals surface area contributed by atoms with Gasteiger partial charge in [-0.3, -0.25) is 9.59 Å². The standard InChI is InChI=1S/C36H65NO13/c1-13-24-36(10,45)29(40)19(4)26(38)17(2)15-35(9,44)31(50-33-27(39)23(37(11)12)14-18(3)46-33)20(5)28(21(6)32(42)48-24)49-25-16-34(8,43)30(41)22(7)47-25/h17-25,27-31,33,39-41,43-45H,13-16H2,1-12H3/t17-,18?,19+,20+,21-,22?,23?,24-,25?,27?,28+,29-,30?,31-,33?,34?,35-,36-/m1/s1. The number of likely N-dealkylation sites (N-methyl/N-ethyl adjacent to an activating group) is 1. The number of hydrogen-bond donors (Lipinski definition) is 6. The minimum absolute atomic E-state index is 0.118. The first-order valence-corrected chi connectivity index (χ1v) is 18.1. The van der Waals surface area contributed by atoms with Gasteiger partial charge in [0.1, 0.15) is 29.7 Å². The van der Waals surface area contributed by atoms with Crippen molar-refractivity contribution in [2.75, 3.05) is 14.1 Å². The molecule has 14 nitrogen and oxygen atoms in total. The predicted molar refractivity (Wildman–Crippen MR) is 181 cm³/mol. The molecule has 0 aromatic heterocycles. The topological polar surface area (TPSA) is 205 Å². The Morgan fingerprint density at radius 1 is 0.840 bits per heavy atom. The second-order valence-corrected chi connectivity index (χ2v) is 16.3. The summed E-state index contributed by atoms with van der Waals surface area (Å²) in [7, 11) is 3.67. The average molecular weight is 720 g/mol. The predicted octanol–water partition coefficient (Wildman–Crippen LogP) is 1.13. The van der Waals surface area contributed by atoms with Crippen LogP contribution in [0.3, 0.4) is 0 Å².